The lowest BCUT2D eigenvalue weighted by molar-refractivity contribution is -0.144. The first-order valence-corrected chi connectivity index (χ1v) is 3.40. The molecule has 1 aromatic heterocycles. The normalized spacial score (nSPS) is 10.8. The molecule has 0 spiro atoms. The van der Waals surface area contributed by atoms with Gasteiger partial charge in [-0.15, -0.1) is 0 Å². The number of halogens is 3. The van der Waals surface area contributed by atoms with Gasteiger partial charge in [-0.3, -0.25) is 5.32 Å². The molecule has 0 aromatic carbocycles. The highest BCUT2D eigenvalue weighted by molar-refractivity contribution is 5.87. The smallest absolute Gasteiger partial charge is 0.276 e. The fourth-order valence-corrected chi connectivity index (χ4v) is 0.625. The van der Waals surface area contributed by atoms with Crippen LogP contribution in [-0.4, -0.2) is 22.3 Å². The van der Waals surface area contributed by atoms with Gasteiger partial charge >= 0.3 is 12.3 Å². The second-order valence-corrected chi connectivity index (χ2v) is 2.15. The van der Waals surface area contributed by atoms with E-state index in [-0.39, 0.29) is 5.95 Å². The predicted molar refractivity (Wildman–Crippen MR) is 40.2 cm³/mol. The monoisotopic (exact) mass is 206 g/mol. The molecule has 0 radical (unpaired) electrons. The van der Waals surface area contributed by atoms with E-state index in [4.69, 9.17) is 0 Å². The molecule has 0 aliphatic rings. The zero-order valence-electron chi connectivity index (χ0n) is 6.67. The van der Waals surface area contributed by atoms with Gasteiger partial charge in [-0.25, -0.2) is 20.1 Å². The van der Waals surface area contributed by atoms with Crippen LogP contribution in [0.5, 0.6) is 0 Å². The third-order valence-electron chi connectivity index (χ3n) is 1.05. The van der Waals surface area contributed by atoms with Gasteiger partial charge in [0.05, 0.1) is 0 Å². The molecular formula is C6H5F3N4O. The first kappa shape index (κ1) is 10.2. The molecule has 0 saturated carbocycles. The maximum Gasteiger partial charge on any atom is 0.485 e. The van der Waals surface area contributed by atoms with Crippen LogP contribution in [0.25, 0.3) is 0 Å². The van der Waals surface area contributed by atoms with Crippen molar-refractivity contribution in [1.29, 1.82) is 0 Å². The Balaban J connectivity index is 2.50. The molecule has 1 aromatic rings. The van der Waals surface area contributed by atoms with Crippen LogP contribution in [0, 0.1) is 0 Å². The lowest BCUT2D eigenvalue weighted by Gasteiger charge is -2.08. The largest absolute Gasteiger partial charge is 0.485 e. The number of aromatic nitrogens is 2. The van der Waals surface area contributed by atoms with E-state index >= 15 is 0 Å². The van der Waals surface area contributed by atoms with Crippen molar-refractivity contribution < 1.29 is 18.0 Å². The van der Waals surface area contributed by atoms with Gasteiger partial charge in [0.15, 0.2) is 0 Å². The van der Waals surface area contributed by atoms with E-state index in [9.17, 15) is 18.0 Å². The summed E-state index contributed by atoms with van der Waals surface area (Å²) in [6.07, 6.45) is -2.19. The Morgan fingerprint density at radius 1 is 1.29 bits per heavy atom. The lowest BCUT2D eigenvalue weighted by atomic mass is 10.7. The zero-order valence-corrected chi connectivity index (χ0v) is 6.67. The van der Waals surface area contributed by atoms with E-state index in [2.05, 4.69) is 9.97 Å². The summed E-state index contributed by atoms with van der Waals surface area (Å²) in [4.78, 5) is 17.6. The number of urea groups is 1. The van der Waals surface area contributed by atoms with Crippen LogP contribution in [0.4, 0.5) is 23.9 Å². The molecule has 0 aliphatic heterocycles. The molecule has 5 nitrogen and oxygen atoms in total. The van der Waals surface area contributed by atoms with Gasteiger partial charge in [0.1, 0.15) is 0 Å². The molecule has 2 amide bonds. The van der Waals surface area contributed by atoms with Gasteiger partial charge in [0.2, 0.25) is 5.95 Å². The summed E-state index contributed by atoms with van der Waals surface area (Å²) < 4.78 is 34.8. The van der Waals surface area contributed by atoms with Crippen molar-refractivity contribution in [2.24, 2.45) is 0 Å². The number of alkyl halides is 3. The molecule has 76 valence electrons. The van der Waals surface area contributed by atoms with Crippen LogP contribution >= 0.6 is 0 Å². The minimum absolute atomic E-state index is 0.200. The number of carbonyl (C=O) groups excluding carboxylic acids is 1. The van der Waals surface area contributed by atoms with Gasteiger partial charge < -0.3 is 0 Å². The topological polar surface area (TPSA) is 66.9 Å². The maximum atomic E-state index is 11.6. The molecule has 14 heavy (non-hydrogen) atoms. The van der Waals surface area contributed by atoms with Gasteiger partial charge in [-0.2, -0.15) is 13.2 Å². The van der Waals surface area contributed by atoms with Crippen molar-refractivity contribution in [1.82, 2.24) is 15.3 Å². The summed E-state index contributed by atoms with van der Waals surface area (Å²) in [7, 11) is 0. The third-order valence-corrected chi connectivity index (χ3v) is 1.05. The Hall–Kier alpha value is -1.86. The standard InChI is InChI=1S/C6H5F3N4O/c7-6(8,9)13-5(14)12-4-10-2-1-3-11-4/h1-3H,(H2,10,11,12,13,14). The van der Waals surface area contributed by atoms with Crippen LogP contribution in [-0.2, 0) is 0 Å². The number of nitrogens with one attached hydrogen (secondary N) is 2. The molecule has 0 unspecified atom stereocenters. The second kappa shape index (κ2) is 3.90. The van der Waals surface area contributed by atoms with Crippen LogP contribution < -0.4 is 10.6 Å². The van der Waals surface area contributed by atoms with Gasteiger partial charge in [-0.1, -0.05) is 0 Å². The molecule has 1 heterocycles. The van der Waals surface area contributed by atoms with Crippen LogP contribution in [0.1, 0.15) is 0 Å². The Morgan fingerprint density at radius 2 is 1.86 bits per heavy atom. The predicted octanol–water partition coefficient (Wildman–Crippen LogP) is 1.12. The fraction of sp³-hybridized carbons (Fsp3) is 0.167. The molecule has 0 saturated heterocycles. The van der Waals surface area contributed by atoms with E-state index in [1.807, 2.05) is 0 Å². The van der Waals surface area contributed by atoms with Gasteiger partial charge in [0.25, 0.3) is 0 Å². The van der Waals surface area contributed by atoms with Crippen molar-refractivity contribution in [3.05, 3.63) is 18.5 Å². The fourth-order valence-electron chi connectivity index (χ4n) is 0.625. The minimum atomic E-state index is -4.77. The van der Waals surface area contributed by atoms with E-state index in [0.29, 0.717) is 0 Å². The Labute approximate surface area is 76.4 Å². The molecule has 0 bridgehead atoms. The lowest BCUT2D eigenvalue weighted by Crippen LogP contribution is -2.40. The van der Waals surface area contributed by atoms with Gasteiger partial charge in [0, 0.05) is 12.4 Å². The molecule has 0 fully saturated rings. The Morgan fingerprint density at radius 3 is 2.36 bits per heavy atom. The number of amides is 2. The van der Waals surface area contributed by atoms with E-state index in [0.717, 1.165) is 5.32 Å². The highest BCUT2D eigenvalue weighted by Gasteiger charge is 2.30. The van der Waals surface area contributed by atoms with Crippen LogP contribution in [0.3, 0.4) is 0 Å². The van der Waals surface area contributed by atoms with Crippen molar-refractivity contribution in [2.45, 2.75) is 6.30 Å². The summed E-state index contributed by atoms with van der Waals surface area (Å²) in [6, 6.07) is 0.0380. The Bertz CT molecular complexity index is 313. The van der Waals surface area contributed by atoms with Crippen molar-refractivity contribution in [2.75, 3.05) is 5.32 Å². The summed E-state index contributed by atoms with van der Waals surface area (Å²) in [5, 5.41) is 2.54. The number of rotatable bonds is 1. The van der Waals surface area contributed by atoms with Gasteiger partial charge in [-0.05, 0) is 6.07 Å². The number of anilines is 1. The average molecular weight is 206 g/mol. The first-order chi connectivity index (χ1) is 6.47. The molecule has 2 N–H and O–H groups in total. The third kappa shape index (κ3) is 3.70. The molecular weight excluding hydrogens is 201 g/mol. The second-order valence-electron chi connectivity index (χ2n) is 2.15. The summed E-state index contributed by atoms with van der Waals surface area (Å²) in [5.74, 6) is -0.200. The van der Waals surface area contributed by atoms with E-state index in [1.165, 1.54) is 18.5 Å². The number of hydrogen-bond donors (Lipinski definition) is 2. The maximum absolute atomic E-state index is 11.6. The van der Waals surface area contributed by atoms with Crippen LogP contribution in [0.15, 0.2) is 18.5 Å². The minimum Gasteiger partial charge on any atom is -0.276 e. The van der Waals surface area contributed by atoms with E-state index < -0.39 is 12.3 Å². The highest BCUT2D eigenvalue weighted by Crippen LogP contribution is 2.09. The summed E-state index contributed by atoms with van der Waals surface area (Å²) >= 11 is 0. The molecule has 0 aliphatic carbocycles. The van der Waals surface area contributed by atoms with Crippen molar-refractivity contribution in [3.8, 4) is 0 Å². The average Bonchev–Trinajstić information content (AvgIpc) is 2.02. The quantitative estimate of drug-likeness (QED) is 0.676. The summed E-state index contributed by atoms with van der Waals surface area (Å²) in [6.45, 7) is 0. The molecule has 1 rings (SSSR count). The van der Waals surface area contributed by atoms with E-state index in [1.54, 1.807) is 5.32 Å². The number of nitrogens with zero attached hydrogens (tertiary/aromatic N) is 2. The van der Waals surface area contributed by atoms with Crippen molar-refractivity contribution in [3.63, 3.8) is 0 Å². The number of carbonyl (C=O) groups is 1. The van der Waals surface area contributed by atoms with Crippen LogP contribution in [0.2, 0.25) is 0 Å². The highest BCUT2D eigenvalue weighted by atomic mass is 19.4. The molecule has 8 heteroatoms. The zero-order chi connectivity index (χ0) is 10.6. The first-order valence-electron chi connectivity index (χ1n) is 3.40. The molecule has 0 atom stereocenters. The Kier molecular flexibility index (Phi) is 2.85. The van der Waals surface area contributed by atoms with Crippen molar-refractivity contribution >= 4 is 12.0 Å². The number of hydrogen-bond acceptors (Lipinski definition) is 3. The summed E-state index contributed by atoms with van der Waals surface area (Å²) in [5.41, 5.74) is 0. The SMILES string of the molecule is O=C(Nc1ncccn1)NC(F)(F)F.